The van der Waals surface area contributed by atoms with E-state index >= 15 is 0 Å². The Morgan fingerprint density at radius 3 is 0.968 bits per heavy atom. The van der Waals surface area contributed by atoms with Gasteiger partial charge in [0.05, 0.1) is 0 Å². The van der Waals surface area contributed by atoms with Gasteiger partial charge in [0.15, 0.2) is 6.10 Å². The molecule has 0 aromatic rings. The van der Waals surface area contributed by atoms with Crippen LogP contribution >= 0.6 is 0 Å². The van der Waals surface area contributed by atoms with Gasteiger partial charge in [0, 0.05) is 19.3 Å². The van der Waals surface area contributed by atoms with Crippen LogP contribution in [0.2, 0.25) is 0 Å². The third-order valence-electron chi connectivity index (χ3n) is 12.1. The van der Waals surface area contributed by atoms with E-state index in [4.69, 9.17) is 14.2 Å². The molecule has 0 saturated heterocycles. The second kappa shape index (κ2) is 52.3. The fourth-order valence-electron chi connectivity index (χ4n) is 7.93. The van der Waals surface area contributed by atoms with Crippen molar-refractivity contribution in [3.63, 3.8) is 0 Å². The lowest BCUT2D eigenvalue weighted by atomic mass is 10.0. The molecule has 0 amide bonds. The van der Waals surface area contributed by atoms with E-state index in [2.05, 4.69) is 57.2 Å². The number of esters is 3. The zero-order chi connectivity index (χ0) is 45.8. The van der Waals surface area contributed by atoms with Gasteiger partial charge >= 0.3 is 17.9 Å². The van der Waals surface area contributed by atoms with Gasteiger partial charge in [-0.25, -0.2) is 0 Å². The summed E-state index contributed by atoms with van der Waals surface area (Å²) in [5.41, 5.74) is 0. The number of carbonyl (C=O) groups excluding carboxylic acids is 3. The van der Waals surface area contributed by atoms with Gasteiger partial charge in [-0.05, 0) is 70.6 Å². The highest BCUT2D eigenvalue weighted by atomic mass is 16.6. The monoisotopic (exact) mass is 885 g/mol. The SMILES string of the molecule is CCCC/C=C\CCCCCCCC(=O)OC[C@H](COC(=O)CCCCCCCCCCCCCCCCCCCCC)OC(=O)CCCCCCC/C=C\C/C=C\CCCCC. The van der Waals surface area contributed by atoms with Crippen molar-refractivity contribution in [2.75, 3.05) is 13.2 Å². The van der Waals surface area contributed by atoms with E-state index in [-0.39, 0.29) is 31.1 Å². The summed E-state index contributed by atoms with van der Waals surface area (Å²) in [4.78, 5) is 38.0. The highest BCUT2D eigenvalue weighted by Crippen LogP contribution is 2.16. The molecule has 0 saturated carbocycles. The summed E-state index contributed by atoms with van der Waals surface area (Å²) in [6.07, 6.45) is 61.3. The predicted molar refractivity (Wildman–Crippen MR) is 270 cm³/mol. The van der Waals surface area contributed by atoms with Crippen molar-refractivity contribution in [2.45, 2.75) is 297 Å². The van der Waals surface area contributed by atoms with E-state index in [1.165, 1.54) is 161 Å². The van der Waals surface area contributed by atoms with Crippen molar-refractivity contribution >= 4 is 17.9 Å². The van der Waals surface area contributed by atoms with Crippen LogP contribution in [-0.4, -0.2) is 37.2 Å². The van der Waals surface area contributed by atoms with Gasteiger partial charge in [-0.15, -0.1) is 0 Å². The topological polar surface area (TPSA) is 78.9 Å². The van der Waals surface area contributed by atoms with E-state index in [1.54, 1.807) is 0 Å². The van der Waals surface area contributed by atoms with Gasteiger partial charge in [0.25, 0.3) is 0 Å². The molecule has 1 atom stereocenters. The molecule has 0 heterocycles. The molecule has 0 bridgehead atoms. The van der Waals surface area contributed by atoms with Crippen LogP contribution in [0.15, 0.2) is 36.5 Å². The fraction of sp³-hybridized carbons (Fsp3) is 0.842. The molecule has 6 heteroatoms. The maximum atomic E-state index is 12.8. The van der Waals surface area contributed by atoms with Gasteiger partial charge < -0.3 is 14.2 Å². The van der Waals surface area contributed by atoms with Crippen LogP contribution in [0.5, 0.6) is 0 Å². The summed E-state index contributed by atoms with van der Waals surface area (Å²) in [7, 11) is 0. The number of carbonyl (C=O) groups is 3. The lowest BCUT2D eigenvalue weighted by Crippen LogP contribution is -2.30. The molecule has 0 aliphatic rings. The number of hydrogen-bond acceptors (Lipinski definition) is 6. The fourth-order valence-corrected chi connectivity index (χ4v) is 7.93. The quantitative estimate of drug-likeness (QED) is 0.0262. The van der Waals surface area contributed by atoms with E-state index in [0.29, 0.717) is 19.3 Å². The average Bonchev–Trinajstić information content (AvgIpc) is 3.28. The molecule has 0 aromatic carbocycles. The maximum Gasteiger partial charge on any atom is 0.306 e. The van der Waals surface area contributed by atoms with Gasteiger partial charge in [0.2, 0.25) is 0 Å². The third-order valence-corrected chi connectivity index (χ3v) is 12.1. The van der Waals surface area contributed by atoms with Crippen LogP contribution in [0.1, 0.15) is 290 Å². The zero-order valence-electron chi connectivity index (χ0n) is 42.1. The molecule has 0 aromatic heterocycles. The Labute approximate surface area is 391 Å². The minimum Gasteiger partial charge on any atom is -0.462 e. The van der Waals surface area contributed by atoms with E-state index in [0.717, 1.165) is 89.9 Å². The first-order valence-electron chi connectivity index (χ1n) is 27.5. The summed E-state index contributed by atoms with van der Waals surface area (Å²) >= 11 is 0. The Hall–Kier alpha value is -2.37. The van der Waals surface area contributed by atoms with Crippen LogP contribution in [-0.2, 0) is 28.6 Å². The molecule has 0 aliphatic carbocycles. The molecule has 0 aliphatic heterocycles. The Kier molecular flexibility index (Phi) is 50.3. The standard InChI is InChI=1S/C57H104O6/c1-4-7-10-13-16-19-22-24-26-27-28-29-31-32-35-38-41-44-47-50-56(59)62-53-54(52-61-55(58)49-46-43-40-37-34-21-18-15-12-9-6-3)63-57(60)51-48-45-42-39-36-33-30-25-23-20-17-14-11-8-5-2/h15,17-18,20,25,30,54H,4-14,16,19,21-24,26-29,31-53H2,1-3H3/b18-15-,20-17-,30-25-/t54-/m1/s1. The Morgan fingerprint density at radius 2 is 0.587 bits per heavy atom. The molecular weight excluding hydrogens is 781 g/mol. The molecule has 6 nitrogen and oxygen atoms in total. The van der Waals surface area contributed by atoms with Crippen molar-refractivity contribution in [3.8, 4) is 0 Å². The first-order chi connectivity index (χ1) is 31.0. The van der Waals surface area contributed by atoms with Crippen LogP contribution in [0.3, 0.4) is 0 Å². The van der Waals surface area contributed by atoms with E-state index in [9.17, 15) is 14.4 Å². The lowest BCUT2D eigenvalue weighted by Gasteiger charge is -2.18. The summed E-state index contributed by atoms with van der Waals surface area (Å²) in [5, 5.41) is 0. The molecule has 0 radical (unpaired) electrons. The number of unbranched alkanes of at least 4 members (excludes halogenated alkanes) is 33. The summed E-state index contributed by atoms with van der Waals surface area (Å²) in [5.74, 6) is -0.889. The molecule has 0 rings (SSSR count). The Bertz CT molecular complexity index is 1060. The van der Waals surface area contributed by atoms with Crippen molar-refractivity contribution < 1.29 is 28.6 Å². The Balaban J connectivity index is 4.31. The normalized spacial score (nSPS) is 12.2. The summed E-state index contributed by atoms with van der Waals surface area (Å²) in [6, 6.07) is 0. The third kappa shape index (κ3) is 50.5. The second-order valence-corrected chi connectivity index (χ2v) is 18.5. The van der Waals surface area contributed by atoms with Gasteiger partial charge in [-0.2, -0.15) is 0 Å². The molecular formula is C57H104O6. The number of hydrogen-bond donors (Lipinski definition) is 0. The highest BCUT2D eigenvalue weighted by Gasteiger charge is 2.19. The van der Waals surface area contributed by atoms with Crippen molar-refractivity contribution in [1.29, 1.82) is 0 Å². The summed E-state index contributed by atoms with van der Waals surface area (Å²) in [6.45, 7) is 6.59. The molecule has 0 N–H and O–H groups in total. The van der Waals surface area contributed by atoms with Crippen LogP contribution < -0.4 is 0 Å². The first-order valence-corrected chi connectivity index (χ1v) is 27.5. The van der Waals surface area contributed by atoms with Crippen LogP contribution in [0, 0.1) is 0 Å². The smallest absolute Gasteiger partial charge is 0.306 e. The minimum atomic E-state index is -0.779. The second-order valence-electron chi connectivity index (χ2n) is 18.5. The largest absolute Gasteiger partial charge is 0.462 e. The molecule has 368 valence electrons. The number of rotatable bonds is 50. The van der Waals surface area contributed by atoms with Gasteiger partial charge in [-0.3, -0.25) is 14.4 Å². The number of ether oxygens (including phenoxy) is 3. The molecule has 0 fully saturated rings. The molecule has 0 spiro atoms. The first kappa shape index (κ1) is 60.6. The van der Waals surface area contributed by atoms with Crippen LogP contribution in [0.25, 0.3) is 0 Å². The molecule has 0 unspecified atom stereocenters. The van der Waals surface area contributed by atoms with E-state index < -0.39 is 6.10 Å². The minimum absolute atomic E-state index is 0.0773. The van der Waals surface area contributed by atoms with Crippen molar-refractivity contribution in [2.24, 2.45) is 0 Å². The lowest BCUT2D eigenvalue weighted by molar-refractivity contribution is -0.167. The molecule has 63 heavy (non-hydrogen) atoms. The van der Waals surface area contributed by atoms with E-state index in [1.807, 2.05) is 0 Å². The Morgan fingerprint density at radius 1 is 0.317 bits per heavy atom. The maximum absolute atomic E-state index is 12.8. The predicted octanol–water partition coefficient (Wildman–Crippen LogP) is 18.1. The van der Waals surface area contributed by atoms with Gasteiger partial charge in [0.1, 0.15) is 13.2 Å². The van der Waals surface area contributed by atoms with Gasteiger partial charge in [-0.1, -0.05) is 237 Å². The van der Waals surface area contributed by atoms with Crippen LogP contribution in [0.4, 0.5) is 0 Å². The highest BCUT2D eigenvalue weighted by molar-refractivity contribution is 5.71. The zero-order valence-corrected chi connectivity index (χ0v) is 42.1. The summed E-state index contributed by atoms with van der Waals surface area (Å²) < 4.78 is 16.8. The van der Waals surface area contributed by atoms with Crippen molar-refractivity contribution in [3.05, 3.63) is 36.5 Å². The van der Waals surface area contributed by atoms with Crippen molar-refractivity contribution in [1.82, 2.24) is 0 Å². The number of allylic oxidation sites excluding steroid dienone is 6. The average molecular weight is 885 g/mol.